The largest absolute Gasteiger partial charge is 0.457 e. The third-order valence-corrected chi connectivity index (χ3v) is 7.96. The molecule has 0 unspecified atom stereocenters. The fourth-order valence-electron chi connectivity index (χ4n) is 6.08. The van der Waals surface area contributed by atoms with Crippen molar-refractivity contribution < 1.29 is 14.6 Å². The van der Waals surface area contributed by atoms with E-state index in [4.69, 9.17) is 10.5 Å². The third-order valence-electron chi connectivity index (χ3n) is 7.96. The predicted molar refractivity (Wildman–Crippen MR) is 163 cm³/mol. The quantitative estimate of drug-likeness (QED) is 0.272. The maximum absolute atomic E-state index is 12.4. The number of carbonyl (C=O) groups excluding carboxylic acids is 1. The van der Waals surface area contributed by atoms with Crippen LogP contribution in [-0.4, -0.2) is 74.7 Å². The number of para-hydroxylation sites is 1. The smallest absolute Gasteiger partial charge is 0.246 e. The van der Waals surface area contributed by atoms with Crippen LogP contribution in [0.2, 0.25) is 0 Å². The molecular formula is C33H34N6O3. The van der Waals surface area contributed by atoms with Crippen LogP contribution in [0.3, 0.4) is 0 Å². The predicted octanol–water partition coefficient (Wildman–Crippen LogP) is 3.83. The minimum atomic E-state index is -1.12. The number of aryl methyl sites for hydroxylation is 1. The van der Waals surface area contributed by atoms with Crippen molar-refractivity contribution in [2.24, 2.45) is 12.5 Å². The van der Waals surface area contributed by atoms with E-state index in [1.54, 1.807) is 6.08 Å². The molecule has 1 saturated heterocycles. The van der Waals surface area contributed by atoms with Crippen molar-refractivity contribution >= 4 is 22.8 Å². The van der Waals surface area contributed by atoms with Crippen LogP contribution in [0.4, 0.5) is 5.82 Å². The van der Waals surface area contributed by atoms with E-state index >= 15 is 0 Å². The second-order valence-corrected chi connectivity index (χ2v) is 11.7. The van der Waals surface area contributed by atoms with Crippen molar-refractivity contribution in [3.63, 3.8) is 0 Å². The van der Waals surface area contributed by atoms with Gasteiger partial charge < -0.3 is 29.9 Å². The summed E-state index contributed by atoms with van der Waals surface area (Å²) in [6.07, 6.45) is 6.01. The molecule has 4 aromatic rings. The number of ether oxygens (including phenoxy) is 1. The summed E-state index contributed by atoms with van der Waals surface area (Å²) < 4.78 is 7.87. The lowest BCUT2D eigenvalue weighted by Gasteiger charge is -2.60. The van der Waals surface area contributed by atoms with E-state index in [0.29, 0.717) is 54.2 Å². The molecule has 42 heavy (non-hydrogen) atoms. The van der Waals surface area contributed by atoms with E-state index in [-0.39, 0.29) is 11.3 Å². The number of rotatable bonds is 6. The zero-order chi connectivity index (χ0) is 29.5. The number of nitrogen functional groups attached to an aromatic ring is 1. The summed E-state index contributed by atoms with van der Waals surface area (Å²) in [6.45, 7) is 2.01. The molecule has 3 heterocycles. The van der Waals surface area contributed by atoms with Gasteiger partial charge in [-0.15, -0.1) is 0 Å². The van der Waals surface area contributed by atoms with Crippen molar-refractivity contribution in [1.29, 1.82) is 0 Å². The van der Waals surface area contributed by atoms with Gasteiger partial charge >= 0.3 is 0 Å². The highest BCUT2D eigenvalue weighted by molar-refractivity contribution is 6.03. The Kier molecular flexibility index (Phi) is 6.97. The van der Waals surface area contributed by atoms with Crippen LogP contribution < -0.4 is 10.5 Å². The van der Waals surface area contributed by atoms with E-state index in [2.05, 4.69) is 21.8 Å². The van der Waals surface area contributed by atoms with Crippen molar-refractivity contribution in [3.05, 3.63) is 78.8 Å². The fourth-order valence-corrected chi connectivity index (χ4v) is 6.08. The summed E-state index contributed by atoms with van der Waals surface area (Å²) >= 11 is 0. The summed E-state index contributed by atoms with van der Waals surface area (Å²) in [5, 5.41) is 12.0. The summed E-state index contributed by atoms with van der Waals surface area (Å²) in [5.74, 6) is 8.26. The molecule has 2 aliphatic rings. The van der Waals surface area contributed by atoms with Gasteiger partial charge in [0.05, 0.1) is 5.39 Å². The van der Waals surface area contributed by atoms with Crippen LogP contribution in [-0.2, 0) is 11.8 Å². The van der Waals surface area contributed by atoms with Crippen molar-refractivity contribution in [2.75, 3.05) is 39.5 Å². The van der Waals surface area contributed by atoms with Gasteiger partial charge in [0.2, 0.25) is 5.91 Å². The van der Waals surface area contributed by atoms with Crippen LogP contribution in [0.15, 0.2) is 73.1 Å². The molecule has 6 rings (SSSR count). The van der Waals surface area contributed by atoms with Gasteiger partial charge in [-0.3, -0.25) is 4.79 Å². The Labute approximate surface area is 245 Å². The van der Waals surface area contributed by atoms with Gasteiger partial charge in [0.25, 0.3) is 0 Å². The molecule has 2 fully saturated rings. The number of likely N-dealkylation sites (tertiary alicyclic amines) is 1. The van der Waals surface area contributed by atoms with Gasteiger partial charge in [0, 0.05) is 43.7 Å². The molecule has 3 N–H and O–H groups in total. The standard InChI is InChI=1S/C33H34N6O3/c1-37(2)17-7-10-27(40)39-20-32(21-39)18-33(41,19-32)16-15-26-28(29-30(34)35-22-36-31(29)38(26)3)23-11-13-25(14-12-23)42-24-8-5-4-6-9-24/h4-14,22,41H,17-21H2,1-3H3,(H2,34,35,36)/b10-7+. The van der Waals surface area contributed by atoms with Crippen LogP contribution in [0.1, 0.15) is 18.5 Å². The van der Waals surface area contributed by atoms with E-state index < -0.39 is 5.60 Å². The molecule has 1 aliphatic carbocycles. The number of nitrogens with two attached hydrogens (primary N) is 1. The molecule has 2 aromatic heterocycles. The molecule has 1 saturated carbocycles. The number of nitrogens with zero attached hydrogens (tertiary/aromatic N) is 5. The lowest BCUT2D eigenvalue weighted by molar-refractivity contribution is -0.173. The average molecular weight is 563 g/mol. The Hall–Kier alpha value is -4.65. The van der Waals surface area contributed by atoms with Gasteiger partial charge in [0.1, 0.15) is 40.6 Å². The van der Waals surface area contributed by atoms with Crippen molar-refractivity contribution in [3.8, 4) is 34.5 Å². The van der Waals surface area contributed by atoms with Gasteiger partial charge in [-0.05, 0) is 62.7 Å². The number of carbonyl (C=O) groups is 1. The maximum atomic E-state index is 12.4. The Morgan fingerprint density at radius 2 is 1.79 bits per heavy atom. The van der Waals surface area contributed by atoms with Crippen LogP contribution >= 0.6 is 0 Å². The lowest BCUT2D eigenvalue weighted by Crippen LogP contribution is -2.68. The first-order valence-electron chi connectivity index (χ1n) is 13.9. The molecule has 0 atom stereocenters. The fraction of sp³-hybridized carbons (Fsp3) is 0.303. The third kappa shape index (κ3) is 5.22. The second-order valence-electron chi connectivity index (χ2n) is 11.7. The minimum absolute atomic E-state index is 0.0167. The molecule has 9 heteroatoms. The number of anilines is 1. The summed E-state index contributed by atoms with van der Waals surface area (Å²) in [7, 11) is 5.82. The molecular weight excluding hydrogens is 528 g/mol. The van der Waals surface area contributed by atoms with E-state index in [1.165, 1.54) is 6.33 Å². The summed E-state index contributed by atoms with van der Waals surface area (Å²) in [4.78, 5) is 25.0. The van der Waals surface area contributed by atoms with E-state index in [1.807, 2.05) is 96.2 Å². The van der Waals surface area contributed by atoms with E-state index in [9.17, 15) is 9.90 Å². The number of fused-ring (bicyclic) bond motifs is 1. The van der Waals surface area contributed by atoms with Gasteiger partial charge in [-0.1, -0.05) is 42.3 Å². The van der Waals surface area contributed by atoms with E-state index in [0.717, 1.165) is 23.4 Å². The molecule has 1 amide bonds. The summed E-state index contributed by atoms with van der Waals surface area (Å²) in [5.41, 5.74) is 8.22. The Morgan fingerprint density at radius 3 is 2.48 bits per heavy atom. The Balaban J connectivity index is 1.23. The number of hydrogen-bond donors (Lipinski definition) is 2. The zero-order valence-electron chi connectivity index (χ0n) is 24.0. The number of aliphatic hydroxyl groups is 1. The SMILES string of the molecule is CN(C)C/C=C/C(=O)N1CC2(C1)CC(O)(C#Cc1c(-c3ccc(Oc4ccccc4)cc3)c3c(N)ncnc3n1C)C2. The lowest BCUT2D eigenvalue weighted by atomic mass is 9.55. The molecule has 0 radical (unpaired) electrons. The van der Waals surface area contributed by atoms with Crippen molar-refractivity contribution in [1.82, 2.24) is 24.3 Å². The highest BCUT2D eigenvalue weighted by Crippen LogP contribution is 2.54. The molecule has 1 aliphatic heterocycles. The van der Waals surface area contributed by atoms with Crippen LogP contribution in [0.5, 0.6) is 11.5 Å². The highest BCUT2D eigenvalue weighted by atomic mass is 16.5. The second kappa shape index (κ2) is 10.6. The monoisotopic (exact) mass is 562 g/mol. The number of aromatic nitrogens is 3. The van der Waals surface area contributed by atoms with Gasteiger partial charge in [0.15, 0.2) is 0 Å². The minimum Gasteiger partial charge on any atom is -0.457 e. The van der Waals surface area contributed by atoms with Gasteiger partial charge in [-0.2, -0.15) is 0 Å². The van der Waals surface area contributed by atoms with Gasteiger partial charge in [-0.25, -0.2) is 9.97 Å². The molecule has 9 nitrogen and oxygen atoms in total. The first-order valence-corrected chi connectivity index (χ1v) is 13.9. The first-order chi connectivity index (χ1) is 20.2. The topological polar surface area (TPSA) is 110 Å². The number of benzene rings is 2. The first kappa shape index (κ1) is 27.5. The molecule has 0 bridgehead atoms. The maximum Gasteiger partial charge on any atom is 0.246 e. The van der Waals surface area contributed by atoms with Crippen molar-refractivity contribution in [2.45, 2.75) is 18.4 Å². The molecule has 214 valence electrons. The zero-order valence-corrected chi connectivity index (χ0v) is 24.0. The summed E-state index contributed by atoms with van der Waals surface area (Å²) in [6, 6.07) is 17.3. The molecule has 2 aromatic carbocycles. The Morgan fingerprint density at radius 1 is 1.10 bits per heavy atom. The number of hydrogen-bond acceptors (Lipinski definition) is 7. The van der Waals surface area contributed by atoms with Crippen LogP contribution in [0.25, 0.3) is 22.2 Å². The Bertz CT molecular complexity index is 1720. The van der Waals surface area contributed by atoms with Crippen LogP contribution in [0, 0.1) is 17.3 Å². The molecule has 1 spiro atoms. The normalized spacial score (nSPS) is 16.7. The average Bonchev–Trinajstić information content (AvgIpc) is 3.22. The highest BCUT2D eigenvalue weighted by Gasteiger charge is 2.59. The number of likely N-dealkylation sites (N-methyl/N-ethyl adjacent to an activating group) is 1. The number of amides is 1.